The van der Waals surface area contributed by atoms with Crippen LogP contribution in [0.2, 0.25) is 0 Å². The summed E-state index contributed by atoms with van der Waals surface area (Å²) in [5, 5.41) is 0.458. The molecule has 1 fully saturated rings. The minimum absolute atomic E-state index is 0.0130. The van der Waals surface area contributed by atoms with Crippen molar-refractivity contribution >= 4 is 42.6 Å². The molecule has 1 saturated heterocycles. The Morgan fingerprint density at radius 2 is 1.72 bits per heavy atom. The lowest BCUT2D eigenvalue weighted by molar-refractivity contribution is -0.360. The van der Waals surface area contributed by atoms with Crippen LogP contribution in [0.1, 0.15) is 36.2 Å². The van der Waals surface area contributed by atoms with Crippen LogP contribution >= 0.6 is 0 Å². The normalized spacial score (nSPS) is 18.4. The molecule has 1 aromatic carbocycles. The summed E-state index contributed by atoms with van der Waals surface area (Å²) >= 11 is 0. The van der Waals surface area contributed by atoms with Gasteiger partial charge in [0.25, 0.3) is 11.8 Å². The molecule has 0 aliphatic carbocycles. The van der Waals surface area contributed by atoms with Crippen LogP contribution in [0.5, 0.6) is 0 Å². The summed E-state index contributed by atoms with van der Waals surface area (Å²) in [5.41, 5.74) is 2.31. The van der Waals surface area contributed by atoms with E-state index in [1.54, 1.807) is 48.6 Å². The summed E-state index contributed by atoms with van der Waals surface area (Å²) in [7, 11) is 0. The number of fused-ring (bicyclic) bond motifs is 2. The fourth-order valence-corrected chi connectivity index (χ4v) is 4.49. The lowest BCUT2D eigenvalue weighted by atomic mass is 9.90. The molecule has 0 atom stereocenters. The highest BCUT2D eigenvalue weighted by atomic mass is 19.2. The molecule has 3 aliphatic rings. The largest absolute Gasteiger partial charge is 0.737 e. The molecule has 2 aromatic rings. The number of halogens is 2. The summed E-state index contributed by atoms with van der Waals surface area (Å²) < 4.78 is 33.6. The topological polar surface area (TPSA) is 71.6 Å². The Balaban J connectivity index is 1.33. The summed E-state index contributed by atoms with van der Waals surface area (Å²) in [6, 6.07) is 12.8. The molecule has 10 heteroatoms. The van der Waals surface area contributed by atoms with E-state index in [0.29, 0.717) is 22.2 Å². The summed E-state index contributed by atoms with van der Waals surface area (Å²) in [6.45, 7) is -4.23. The third-order valence-electron chi connectivity index (χ3n) is 6.18. The van der Waals surface area contributed by atoms with E-state index < -0.39 is 24.8 Å². The zero-order chi connectivity index (χ0) is 25.3. The van der Waals surface area contributed by atoms with E-state index in [1.165, 1.54) is 0 Å². The molecule has 0 spiro atoms. The van der Waals surface area contributed by atoms with E-state index in [1.807, 2.05) is 36.4 Å². The number of aromatic nitrogens is 1. The van der Waals surface area contributed by atoms with Crippen LogP contribution in [0.15, 0.2) is 78.5 Å². The number of aryl methyl sites for hydroxylation is 1. The van der Waals surface area contributed by atoms with E-state index >= 15 is 8.63 Å². The van der Waals surface area contributed by atoms with Crippen molar-refractivity contribution in [2.75, 3.05) is 0 Å². The zero-order valence-corrected chi connectivity index (χ0v) is 19.2. The molecular formula is C26H22BF2N3O4. The Bertz CT molecular complexity index is 1390. The second-order valence-electron chi connectivity index (χ2n) is 8.58. The molecule has 3 aliphatic heterocycles. The molecule has 0 N–H and O–H groups in total. The molecule has 7 nitrogen and oxygen atoms in total. The molecule has 0 radical (unpaired) electrons. The van der Waals surface area contributed by atoms with Crippen LogP contribution in [0.3, 0.4) is 0 Å². The van der Waals surface area contributed by atoms with Crippen molar-refractivity contribution < 1.29 is 32.3 Å². The average Bonchev–Trinajstić information content (AvgIpc) is 3.55. The summed E-state index contributed by atoms with van der Waals surface area (Å²) in [5.74, 6) is -2.00. The number of benzene rings is 1. The van der Waals surface area contributed by atoms with Gasteiger partial charge in [0.2, 0.25) is 0 Å². The first kappa shape index (κ1) is 23.4. The third-order valence-corrected chi connectivity index (χ3v) is 6.18. The lowest BCUT2D eigenvalue weighted by Crippen LogP contribution is -2.50. The van der Waals surface area contributed by atoms with Gasteiger partial charge in [-0.3, -0.25) is 9.59 Å². The van der Waals surface area contributed by atoms with Crippen LogP contribution in [0, 0.1) is 0 Å². The lowest BCUT2D eigenvalue weighted by Gasteiger charge is -2.30. The van der Waals surface area contributed by atoms with Gasteiger partial charge < -0.3 is 22.4 Å². The van der Waals surface area contributed by atoms with Gasteiger partial charge in [0.05, 0.1) is 6.42 Å². The van der Waals surface area contributed by atoms with Gasteiger partial charge in [-0.1, -0.05) is 48.6 Å². The van der Waals surface area contributed by atoms with Gasteiger partial charge in [0.1, 0.15) is 0 Å². The first-order valence-corrected chi connectivity index (χ1v) is 11.6. The Morgan fingerprint density at radius 3 is 2.47 bits per heavy atom. The van der Waals surface area contributed by atoms with Crippen molar-refractivity contribution in [2.45, 2.75) is 25.7 Å². The van der Waals surface area contributed by atoms with E-state index in [9.17, 15) is 14.4 Å². The smallest absolute Gasteiger partial charge is 0.394 e. The third kappa shape index (κ3) is 4.37. The van der Waals surface area contributed by atoms with Crippen LogP contribution in [0.25, 0.3) is 12.2 Å². The molecular weight excluding hydrogens is 467 g/mol. The highest BCUT2D eigenvalue weighted by Crippen LogP contribution is 2.33. The molecule has 0 saturated carbocycles. The van der Waals surface area contributed by atoms with E-state index in [4.69, 9.17) is 4.84 Å². The number of hydrogen-bond donors (Lipinski definition) is 0. The Kier molecular flexibility index (Phi) is 6.09. The van der Waals surface area contributed by atoms with Crippen molar-refractivity contribution in [3.05, 3.63) is 95.5 Å². The van der Waals surface area contributed by atoms with Gasteiger partial charge in [0, 0.05) is 42.8 Å². The second-order valence-corrected chi connectivity index (χ2v) is 8.58. The SMILES string of the molecule is O=C(CCc1ccc2n1[B-](F)(F)[N+]1=C(/C=C/C=C/c3ccccc3)C=CC1=C2)ON1C(=O)CCC1=O. The Labute approximate surface area is 206 Å². The predicted molar refractivity (Wildman–Crippen MR) is 130 cm³/mol. The standard InChI is InChI=1S/C26H22BF2N3O4/c28-27(29)30-20(9-5-4-8-19-6-2-1-3-7-19)10-12-22(30)18-23-13-11-21(31(23)27)14-17-26(35)36-32-24(33)15-16-25(32)34/h1-13,18H,14-17H2/b8-4+,9-5+. The Morgan fingerprint density at radius 1 is 1.00 bits per heavy atom. The van der Waals surface area contributed by atoms with E-state index in [0.717, 1.165) is 14.5 Å². The number of hydroxylamine groups is 2. The van der Waals surface area contributed by atoms with Gasteiger partial charge in [-0.05, 0) is 29.8 Å². The molecule has 36 heavy (non-hydrogen) atoms. The summed E-state index contributed by atoms with van der Waals surface area (Å²) in [6.07, 6.45) is 11.6. The summed E-state index contributed by atoms with van der Waals surface area (Å²) in [4.78, 5) is 40.3. The second kappa shape index (κ2) is 9.37. The number of carbonyl (C=O) groups excluding carboxylic acids is 3. The number of allylic oxidation sites excluding steroid dienone is 5. The van der Waals surface area contributed by atoms with Crippen molar-refractivity contribution in [1.29, 1.82) is 0 Å². The number of imide groups is 1. The van der Waals surface area contributed by atoms with Crippen molar-refractivity contribution in [2.24, 2.45) is 0 Å². The van der Waals surface area contributed by atoms with Crippen molar-refractivity contribution in [3.8, 4) is 0 Å². The fraction of sp³-hybridized carbons (Fsp3) is 0.154. The molecule has 2 amide bonds. The van der Waals surface area contributed by atoms with Crippen LogP contribution in [-0.2, 0) is 25.6 Å². The maximum atomic E-state index is 15.8. The van der Waals surface area contributed by atoms with E-state index in [2.05, 4.69) is 0 Å². The van der Waals surface area contributed by atoms with Gasteiger partial charge in [-0.2, -0.15) is 0 Å². The molecule has 5 rings (SSSR count). The van der Waals surface area contributed by atoms with Crippen LogP contribution < -0.4 is 0 Å². The molecule has 182 valence electrons. The molecule has 0 bridgehead atoms. The van der Waals surface area contributed by atoms with Crippen LogP contribution in [-0.4, -0.2) is 44.5 Å². The van der Waals surface area contributed by atoms with Crippen LogP contribution in [0.4, 0.5) is 8.63 Å². The quantitative estimate of drug-likeness (QED) is 0.336. The van der Waals surface area contributed by atoms with Gasteiger partial charge >= 0.3 is 12.9 Å². The first-order valence-electron chi connectivity index (χ1n) is 11.6. The number of hydrogen-bond acceptors (Lipinski definition) is 4. The van der Waals surface area contributed by atoms with Crippen molar-refractivity contribution in [1.82, 2.24) is 9.54 Å². The maximum Gasteiger partial charge on any atom is 0.737 e. The van der Waals surface area contributed by atoms with E-state index in [-0.39, 0.29) is 31.4 Å². The predicted octanol–water partition coefficient (Wildman–Crippen LogP) is 3.90. The number of nitrogens with zero attached hydrogens (tertiary/aromatic N) is 3. The maximum absolute atomic E-state index is 15.8. The monoisotopic (exact) mass is 489 g/mol. The number of rotatable bonds is 7. The molecule has 1 aromatic heterocycles. The van der Waals surface area contributed by atoms with Gasteiger partial charge in [0.15, 0.2) is 11.4 Å². The van der Waals surface area contributed by atoms with Gasteiger partial charge in [-0.25, -0.2) is 4.79 Å². The minimum Gasteiger partial charge on any atom is -0.394 e. The fourth-order valence-electron chi connectivity index (χ4n) is 4.49. The Hall–Kier alpha value is -4.34. The zero-order valence-electron chi connectivity index (χ0n) is 19.2. The number of carbonyl (C=O) groups is 3. The highest BCUT2D eigenvalue weighted by molar-refractivity contribution is 6.58. The average molecular weight is 489 g/mol. The first-order chi connectivity index (χ1) is 17.3. The number of amides is 2. The molecule has 0 unspecified atom stereocenters. The van der Waals surface area contributed by atoms with Crippen molar-refractivity contribution in [3.63, 3.8) is 0 Å². The molecule has 4 heterocycles. The minimum atomic E-state index is -4.23. The van der Waals surface area contributed by atoms with Gasteiger partial charge in [-0.15, -0.1) is 5.06 Å². The highest BCUT2D eigenvalue weighted by Gasteiger charge is 2.52.